The van der Waals surface area contributed by atoms with Gasteiger partial charge in [0.25, 0.3) is 0 Å². The maximum absolute atomic E-state index is 13.7. The van der Waals surface area contributed by atoms with Crippen molar-refractivity contribution in [2.24, 2.45) is 0 Å². The fourth-order valence-electron chi connectivity index (χ4n) is 4.16. The van der Waals surface area contributed by atoms with E-state index in [4.69, 9.17) is 0 Å². The van der Waals surface area contributed by atoms with E-state index in [1.807, 2.05) is 0 Å². The second-order valence-electron chi connectivity index (χ2n) is 7.62. The first-order chi connectivity index (χ1) is 12.5. The van der Waals surface area contributed by atoms with Crippen molar-refractivity contribution in [1.82, 2.24) is 15.1 Å². The van der Waals surface area contributed by atoms with Gasteiger partial charge in [-0.25, -0.2) is 8.78 Å². The average Bonchev–Trinajstić information content (AvgIpc) is 3.13. The summed E-state index contributed by atoms with van der Waals surface area (Å²) in [6.45, 7) is 5.98. The van der Waals surface area contributed by atoms with Crippen molar-refractivity contribution in [2.45, 2.75) is 51.1 Å². The van der Waals surface area contributed by atoms with Gasteiger partial charge in [0.15, 0.2) is 0 Å². The van der Waals surface area contributed by atoms with Crippen LogP contribution < -0.4 is 5.32 Å². The second kappa shape index (κ2) is 8.91. The van der Waals surface area contributed by atoms with Gasteiger partial charge >= 0.3 is 0 Å². The zero-order valence-electron chi connectivity index (χ0n) is 15.5. The predicted molar refractivity (Wildman–Crippen MR) is 97.9 cm³/mol. The van der Waals surface area contributed by atoms with Crippen molar-refractivity contribution in [3.05, 3.63) is 35.4 Å². The zero-order chi connectivity index (χ0) is 18.5. The summed E-state index contributed by atoms with van der Waals surface area (Å²) in [5.74, 6) is -1.20. The third kappa shape index (κ3) is 5.01. The Morgan fingerprint density at radius 1 is 1.15 bits per heavy atom. The third-order valence-corrected chi connectivity index (χ3v) is 5.59. The first-order valence-electron chi connectivity index (χ1n) is 9.71. The molecule has 2 aliphatic rings. The Hall–Kier alpha value is -1.53. The minimum Gasteiger partial charge on any atom is -0.352 e. The molecule has 2 fully saturated rings. The van der Waals surface area contributed by atoms with Crippen LogP contribution in [0.25, 0.3) is 0 Å². The Balaban J connectivity index is 1.41. The van der Waals surface area contributed by atoms with Crippen LogP contribution in [0.5, 0.6) is 0 Å². The van der Waals surface area contributed by atoms with E-state index in [2.05, 4.69) is 15.1 Å². The molecule has 1 atom stereocenters. The first kappa shape index (κ1) is 19.2. The quantitative estimate of drug-likeness (QED) is 0.842. The molecule has 26 heavy (non-hydrogen) atoms. The van der Waals surface area contributed by atoms with E-state index >= 15 is 0 Å². The standard InChI is InChI=1S/C20H29F2N3O/c1-15(13-17-18(21)7-4-8-19(17)22)23-20(26)14-24-9-11-25(12-10-24)16-5-2-3-6-16/h4,7-8,15-16H,2-3,5-6,9-14H2,1H3,(H,23,26). The smallest absolute Gasteiger partial charge is 0.234 e. The van der Waals surface area contributed by atoms with Gasteiger partial charge < -0.3 is 5.32 Å². The fraction of sp³-hybridized carbons (Fsp3) is 0.650. The number of piperazine rings is 1. The minimum atomic E-state index is -0.561. The molecule has 1 unspecified atom stereocenters. The van der Waals surface area contributed by atoms with Crippen LogP contribution in [0.15, 0.2) is 18.2 Å². The van der Waals surface area contributed by atoms with Gasteiger partial charge in [0.05, 0.1) is 6.54 Å². The molecule has 0 aromatic heterocycles. The summed E-state index contributed by atoms with van der Waals surface area (Å²) >= 11 is 0. The van der Waals surface area contributed by atoms with Gasteiger partial charge in [0.1, 0.15) is 11.6 Å². The summed E-state index contributed by atoms with van der Waals surface area (Å²) in [5.41, 5.74) is 0.0328. The summed E-state index contributed by atoms with van der Waals surface area (Å²) in [6.07, 6.45) is 5.45. The van der Waals surface area contributed by atoms with E-state index in [0.29, 0.717) is 6.54 Å². The highest BCUT2D eigenvalue weighted by Crippen LogP contribution is 2.24. The molecule has 1 aromatic carbocycles. The number of halogens is 2. The number of amides is 1. The molecule has 1 saturated heterocycles. The van der Waals surface area contributed by atoms with Gasteiger partial charge in [-0.15, -0.1) is 0 Å². The van der Waals surface area contributed by atoms with Gasteiger partial charge in [0.2, 0.25) is 5.91 Å². The molecule has 0 bridgehead atoms. The zero-order valence-corrected chi connectivity index (χ0v) is 15.5. The number of hydrogen-bond acceptors (Lipinski definition) is 3. The Kier molecular flexibility index (Phi) is 6.59. The van der Waals surface area contributed by atoms with Gasteiger partial charge in [0, 0.05) is 43.8 Å². The molecule has 144 valence electrons. The Morgan fingerprint density at radius 2 is 1.77 bits per heavy atom. The molecule has 1 heterocycles. The Labute approximate surface area is 154 Å². The lowest BCUT2D eigenvalue weighted by molar-refractivity contribution is -0.123. The van der Waals surface area contributed by atoms with Crippen molar-refractivity contribution in [2.75, 3.05) is 32.7 Å². The van der Waals surface area contributed by atoms with E-state index in [9.17, 15) is 13.6 Å². The molecule has 1 aromatic rings. The van der Waals surface area contributed by atoms with Crippen LogP contribution in [0.2, 0.25) is 0 Å². The molecule has 1 amide bonds. The highest BCUT2D eigenvalue weighted by molar-refractivity contribution is 5.78. The molecular weight excluding hydrogens is 336 g/mol. The molecule has 1 saturated carbocycles. The first-order valence-corrected chi connectivity index (χ1v) is 9.71. The van der Waals surface area contributed by atoms with Gasteiger partial charge in [-0.2, -0.15) is 0 Å². The average molecular weight is 365 g/mol. The second-order valence-corrected chi connectivity index (χ2v) is 7.62. The molecule has 0 spiro atoms. The summed E-state index contributed by atoms with van der Waals surface area (Å²) in [7, 11) is 0. The predicted octanol–water partition coefficient (Wildman–Crippen LogP) is 2.57. The molecule has 1 N–H and O–H groups in total. The van der Waals surface area contributed by atoms with Crippen LogP contribution in [-0.4, -0.2) is 60.5 Å². The van der Waals surface area contributed by atoms with Gasteiger partial charge in [-0.05, 0) is 38.3 Å². The maximum Gasteiger partial charge on any atom is 0.234 e. The van der Waals surface area contributed by atoms with E-state index in [1.54, 1.807) is 6.92 Å². The highest BCUT2D eigenvalue weighted by Gasteiger charge is 2.26. The number of hydrogen-bond donors (Lipinski definition) is 1. The van der Waals surface area contributed by atoms with Crippen LogP contribution >= 0.6 is 0 Å². The van der Waals surface area contributed by atoms with Crippen molar-refractivity contribution >= 4 is 5.91 Å². The Bertz CT molecular complexity index is 591. The maximum atomic E-state index is 13.7. The molecular formula is C20H29F2N3O. The monoisotopic (exact) mass is 365 g/mol. The van der Waals surface area contributed by atoms with Crippen LogP contribution in [0.3, 0.4) is 0 Å². The summed E-state index contributed by atoms with van der Waals surface area (Å²) in [6, 6.07) is 4.27. The lowest BCUT2D eigenvalue weighted by atomic mass is 10.1. The Morgan fingerprint density at radius 3 is 2.38 bits per heavy atom. The SMILES string of the molecule is CC(Cc1c(F)cccc1F)NC(=O)CN1CCN(C2CCCC2)CC1. The van der Waals surface area contributed by atoms with Crippen LogP contribution in [0.1, 0.15) is 38.2 Å². The van der Waals surface area contributed by atoms with E-state index in [1.165, 1.54) is 43.9 Å². The van der Waals surface area contributed by atoms with Crippen molar-refractivity contribution in [3.63, 3.8) is 0 Å². The molecule has 1 aliphatic carbocycles. The van der Waals surface area contributed by atoms with Gasteiger partial charge in [-0.1, -0.05) is 18.9 Å². The summed E-state index contributed by atoms with van der Waals surface area (Å²) in [4.78, 5) is 17.0. The largest absolute Gasteiger partial charge is 0.352 e. The molecule has 4 nitrogen and oxygen atoms in total. The lowest BCUT2D eigenvalue weighted by Crippen LogP contribution is -2.52. The highest BCUT2D eigenvalue weighted by atomic mass is 19.1. The van der Waals surface area contributed by atoms with Crippen molar-refractivity contribution in [1.29, 1.82) is 0 Å². The summed E-state index contributed by atoms with van der Waals surface area (Å²) < 4.78 is 27.4. The van der Waals surface area contributed by atoms with Gasteiger partial charge in [-0.3, -0.25) is 14.6 Å². The fourth-order valence-corrected chi connectivity index (χ4v) is 4.16. The number of nitrogens with one attached hydrogen (secondary N) is 1. The van der Waals surface area contributed by atoms with Crippen molar-refractivity contribution < 1.29 is 13.6 Å². The third-order valence-electron chi connectivity index (χ3n) is 5.59. The number of nitrogens with zero attached hydrogens (tertiary/aromatic N) is 2. The minimum absolute atomic E-state index is 0.0328. The number of carbonyl (C=O) groups excluding carboxylic acids is 1. The lowest BCUT2D eigenvalue weighted by Gasteiger charge is -2.37. The molecule has 0 radical (unpaired) electrons. The topological polar surface area (TPSA) is 35.6 Å². The van der Waals surface area contributed by atoms with Crippen LogP contribution in [0.4, 0.5) is 8.78 Å². The number of benzene rings is 1. The number of rotatable bonds is 6. The van der Waals surface area contributed by atoms with E-state index in [0.717, 1.165) is 32.2 Å². The number of carbonyl (C=O) groups is 1. The van der Waals surface area contributed by atoms with Crippen LogP contribution in [-0.2, 0) is 11.2 Å². The van der Waals surface area contributed by atoms with E-state index < -0.39 is 11.6 Å². The van der Waals surface area contributed by atoms with E-state index in [-0.39, 0.29) is 23.9 Å². The molecule has 1 aliphatic heterocycles. The van der Waals surface area contributed by atoms with Crippen LogP contribution in [0, 0.1) is 11.6 Å². The van der Waals surface area contributed by atoms with Crippen molar-refractivity contribution in [3.8, 4) is 0 Å². The molecule has 6 heteroatoms. The molecule has 3 rings (SSSR count). The normalized spacial score (nSPS) is 21.0. The summed E-state index contributed by atoms with van der Waals surface area (Å²) in [5, 5.41) is 2.87.